The summed E-state index contributed by atoms with van der Waals surface area (Å²) >= 11 is 0. The summed E-state index contributed by atoms with van der Waals surface area (Å²) < 4.78 is 14.1. The first-order valence-corrected chi connectivity index (χ1v) is 7.08. The minimum atomic E-state index is -0.317. The monoisotopic (exact) mass is 264 g/mol. The second-order valence-corrected chi connectivity index (χ2v) is 5.88. The fourth-order valence-corrected chi connectivity index (χ4v) is 3.74. The van der Waals surface area contributed by atoms with Crippen LogP contribution in [-0.2, 0) is 0 Å². The van der Waals surface area contributed by atoms with Crippen LogP contribution in [0.1, 0.15) is 44.2 Å². The molecule has 1 aromatic carbocycles. The standard InChI is InChI=1S/C15H21FN2O/c1-9(17)15-13(16)3-2-4-14(15)18-10-5-6-11(18)8-12(19)7-10/h2-4,9-12,19H,5-8,17H2,1H3. The van der Waals surface area contributed by atoms with Crippen molar-refractivity contribution in [2.45, 2.75) is 56.8 Å². The number of aliphatic hydroxyl groups is 1. The van der Waals surface area contributed by atoms with Crippen LogP contribution in [0.3, 0.4) is 0 Å². The van der Waals surface area contributed by atoms with Crippen molar-refractivity contribution in [1.29, 1.82) is 0 Å². The summed E-state index contributed by atoms with van der Waals surface area (Å²) in [6, 6.07) is 5.53. The number of nitrogens with two attached hydrogens (primary N) is 1. The van der Waals surface area contributed by atoms with Gasteiger partial charge in [-0.25, -0.2) is 4.39 Å². The molecule has 2 bridgehead atoms. The Kier molecular flexibility index (Phi) is 3.23. The maximum atomic E-state index is 14.1. The first-order chi connectivity index (χ1) is 9.08. The van der Waals surface area contributed by atoms with E-state index in [0.717, 1.165) is 31.4 Å². The molecule has 0 saturated carbocycles. The SMILES string of the molecule is CC(N)c1c(F)cccc1N1C2CCC1CC(O)C2. The van der Waals surface area contributed by atoms with Crippen LogP contribution >= 0.6 is 0 Å². The highest BCUT2D eigenvalue weighted by Crippen LogP contribution is 2.42. The molecule has 0 aliphatic carbocycles. The average molecular weight is 264 g/mol. The number of nitrogens with zero attached hydrogens (tertiary/aromatic N) is 1. The lowest BCUT2D eigenvalue weighted by molar-refractivity contribution is 0.126. The van der Waals surface area contributed by atoms with Gasteiger partial charge in [0.1, 0.15) is 5.82 Å². The molecule has 0 radical (unpaired) electrons. The molecule has 2 heterocycles. The van der Waals surface area contributed by atoms with E-state index in [-0.39, 0.29) is 18.0 Å². The van der Waals surface area contributed by atoms with Gasteiger partial charge in [0.25, 0.3) is 0 Å². The van der Waals surface area contributed by atoms with Crippen LogP contribution < -0.4 is 10.6 Å². The summed E-state index contributed by atoms with van der Waals surface area (Å²) in [7, 11) is 0. The van der Waals surface area contributed by atoms with Crippen molar-refractivity contribution in [2.75, 3.05) is 4.90 Å². The summed E-state index contributed by atoms with van der Waals surface area (Å²) in [5, 5.41) is 9.86. The molecule has 3 unspecified atom stereocenters. The third-order valence-electron chi connectivity index (χ3n) is 4.47. The third-order valence-corrected chi connectivity index (χ3v) is 4.47. The fourth-order valence-electron chi connectivity index (χ4n) is 3.74. The predicted molar refractivity (Wildman–Crippen MR) is 73.5 cm³/mol. The van der Waals surface area contributed by atoms with E-state index in [0.29, 0.717) is 17.6 Å². The second kappa shape index (κ2) is 4.76. The highest BCUT2D eigenvalue weighted by Gasteiger charge is 2.41. The summed E-state index contributed by atoms with van der Waals surface area (Å²) in [6.45, 7) is 1.82. The zero-order valence-corrected chi connectivity index (χ0v) is 11.2. The van der Waals surface area contributed by atoms with Crippen LogP contribution in [0.25, 0.3) is 0 Å². The Morgan fingerprint density at radius 3 is 2.53 bits per heavy atom. The van der Waals surface area contributed by atoms with Gasteiger partial charge in [-0.1, -0.05) is 6.07 Å². The highest BCUT2D eigenvalue weighted by atomic mass is 19.1. The summed E-state index contributed by atoms with van der Waals surface area (Å²) in [4.78, 5) is 2.30. The number of hydrogen-bond acceptors (Lipinski definition) is 3. The van der Waals surface area contributed by atoms with Crippen molar-refractivity contribution in [3.8, 4) is 0 Å². The van der Waals surface area contributed by atoms with Crippen molar-refractivity contribution in [3.63, 3.8) is 0 Å². The molecule has 2 fully saturated rings. The number of fused-ring (bicyclic) bond motifs is 2. The lowest BCUT2D eigenvalue weighted by Gasteiger charge is -2.40. The average Bonchev–Trinajstić information content (AvgIpc) is 2.60. The quantitative estimate of drug-likeness (QED) is 0.862. The summed E-state index contributed by atoms with van der Waals surface area (Å²) in [6.07, 6.45) is 3.52. The second-order valence-electron chi connectivity index (χ2n) is 5.88. The Hall–Kier alpha value is -1.13. The first kappa shape index (κ1) is 12.9. The van der Waals surface area contributed by atoms with Gasteiger partial charge in [0.05, 0.1) is 6.10 Å². The normalized spacial score (nSPS) is 31.6. The Morgan fingerprint density at radius 1 is 1.32 bits per heavy atom. The number of aliphatic hydroxyl groups excluding tert-OH is 1. The number of hydrogen-bond donors (Lipinski definition) is 2. The van der Waals surface area contributed by atoms with Crippen LogP contribution in [0.5, 0.6) is 0 Å². The van der Waals surface area contributed by atoms with Gasteiger partial charge in [-0.15, -0.1) is 0 Å². The largest absolute Gasteiger partial charge is 0.393 e. The molecule has 2 aliphatic heterocycles. The first-order valence-electron chi connectivity index (χ1n) is 7.08. The fraction of sp³-hybridized carbons (Fsp3) is 0.600. The molecule has 2 saturated heterocycles. The van der Waals surface area contributed by atoms with Crippen LogP contribution in [0.2, 0.25) is 0 Å². The molecule has 0 aromatic heterocycles. The molecule has 3 atom stereocenters. The van der Waals surface area contributed by atoms with E-state index < -0.39 is 0 Å². The van der Waals surface area contributed by atoms with Gasteiger partial charge < -0.3 is 15.7 Å². The number of benzene rings is 1. The maximum Gasteiger partial charge on any atom is 0.130 e. The lowest BCUT2D eigenvalue weighted by atomic mass is 9.96. The topological polar surface area (TPSA) is 49.5 Å². The van der Waals surface area contributed by atoms with Crippen molar-refractivity contribution in [3.05, 3.63) is 29.6 Å². The molecule has 2 aliphatic rings. The number of halogens is 1. The van der Waals surface area contributed by atoms with Gasteiger partial charge in [0, 0.05) is 29.4 Å². The highest BCUT2D eigenvalue weighted by molar-refractivity contribution is 5.58. The molecule has 3 N–H and O–H groups in total. The van der Waals surface area contributed by atoms with Crippen LogP contribution in [0, 0.1) is 5.82 Å². The molecular formula is C15H21FN2O. The van der Waals surface area contributed by atoms with E-state index in [1.165, 1.54) is 6.07 Å². The molecule has 3 rings (SSSR count). The van der Waals surface area contributed by atoms with Gasteiger partial charge in [-0.2, -0.15) is 0 Å². The Bertz CT molecular complexity index is 463. The minimum Gasteiger partial charge on any atom is -0.393 e. The summed E-state index contributed by atoms with van der Waals surface area (Å²) in [5.74, 6) is -0.224. The third kappa shape index (κ3) is 2.13. The van der Waals surface area contributed by atoms with E-state index in [2.05, 4.69) is 4.90 Å². The van der Waals surface area contributed by atoms with Gasteiger partial charge in [0.2, 0.25) is 0 Å². The number of piperidine rings is 1. The van der Waals surface area contributed by atoms with E-state index >= 15 is 0 Å². The van der Waals surface area contributed by atoms with E-state index in [1.807, 2.05) is 13.0 Å². The predicted octanol–water partition coefficient (Wildman–Crippen LogP) is 2.34. The molecule has 0 amide bonds. The molecule has 4 heteroatoms. The van der Waals surface area contributed by atoms with Gasteiger partial charge in [-0.3, -0.25) is 0 Å². The van der Waals surface area contributed by atoms with Gasteiger partial charge in [0.15, 0.2) is 0 Å². The van der Waals surface area contributed by atoms with Crippen molar-refractivity contribution >= 4 is 5.69 Å². The zero-order valence-electron chi connectivity index (χ0n) is 11.2. The smallest absolute Gasteiger partial charge is 0.130 e. The Labute approximate surface area is 113 Å². The zero-order chi connectivity index (χ0) is 13.6. The number of anilines is 1. The van der Waals surface area contributed by atoms with E-state index in [1.54, 1.807) is 6.07 Å². The van der Waals surface area contributed by atoms with Crippen LogP contribution in [0.15, 0.2) is 18.2 Å². The van der Waals surface area contributed by atoms with Crippen molar-refractivity contribution < 1.29 is 9.50 Å². The molecule has 19 heavy (non-hydrogen) atoms. The molecular weight excluding hydrogens is 243 g/mol. The molecule has 104 valence electrons. The number of rotatable bonds is 2. The van der Waals surface area contributed by atoms with Crippen molar-refractivity contribution in [2.24, 2.45) is 5.73 Å². The Morgan fingerprint density at radius 2 is 1.95 bits per heavy atom. The van der Waals surface area contributed by atoms with Crippen LogP contribution in [-0.4, -0.2) is 23.3 Å². The summed E-state index contributed by atoms with van der Waals surface area (Å²) in [5.41, 5.74) is 7.48. The van der Waals surface area contributed by atoms with Crippen molar-refractivity contribution in [1.82, 2.24) is 0 Å². The Balaban J connectivity index is 2.01. The molecule has 0 spiro atoms. The molecule has 3 nitrogen and oxygen atoms in total. The van der Waals surface area contributed by atoms with E-state index in [9.17, 15) is 9.50 Å². The van der Waals surface area contributed by atoms with E-state index in [4.69, 9.17) is 5.73 Å². The van der Waals surface area contributed by atoms with Crippen LogP contribution in [0.4, 0.5) is 10.1 Å². The lowest BCUT2D eigenvalue weighted by Crippen LogP contribution is -2.45. The van der Waals surface area contributed by atoms with Gasteiger partial charge >= 0.3 is 0 Å². The van der Waals surface area contributed by atoms with Gasteiger partial charge in [-0.05, 0) is 44.7 Å². The molecule has 1 aromatic rings. The maximum absolute atomic E-state index is 14.1. The minimum absolute atomic E-state index is 0.207.